The number of carbonyl (C=O) groups is 1. The van der Waals surface area contributed by atoms with E-state index >= 15 is 0 Å². The van der Waals surface area contributed by atoms with E-state index in [1.807, 2.05) is 54.6 Å². The van der Waals surface area contributed by atoms with Gasteiger partial charge in [0.1, 0.15) is 5.75 Å². The van der Waals surface area contributed by atoms with Crippen LogP contribution in [0.5, 0.6) is 5.75 Å². The topological polar surface area (TPSA) is 66.2 Å². The molecule has 5 heteroatoms. The maximum atomic E-state index is 13.1. The number of amides is 1. The predicted octanol–water partition coefficient (Wildman–Crippen LogP) is 4.10. The van der Waals surface area contributed by atoms with Crippen molar-refractivity contribution in [1.82, 2.24) is 15.6 Å². The van der Waals surface area contributed by atoms with Crippen LogP contribution < -0.4 is 15.4 Å². The van der Waals surface area contributed by atoms with Crippen molar-refractivity contribution >= 4 is 16.8 Å². The van der Waals surface area contributed by atoms with Crippen molar-refractivity contribution in [3.05, 3.63) is 101 Å². The van der Waals surface area contributed by atoms with Crippen molar-refractivity contribution in [3.63, 3.8) is 0 Å². The van der Waals surface area contributed by atoms with Gasteiger partial charge in [-0.1, -0.05) is 60.7 Å². The summed E-state index contributed by atoms with van der Waals surface area (Å²) in [6.45, 7) is 0.520. The van der Waals surface area contributed by atoms with E-state index < -0.39 is 0 Å². The van der Waals surface area contributed by atoms with Crippen LogP contribution in [0.4, 0.5) is 0 Å². The first kappa shape index (κ1) is 19.4. The lowest BCUT2D eigenvalue weighted by molar-refractivity contribution is -0.123. The van der Waals surface area contributed by atoms with Crippen molar-refractivity contribution in [3.8, 4) is 5.75 Å². The Bertz CT molecular complexity index is 1200. The lowest BCUT2D eigenvalue weighted by atomic mass is 9.90. The number of aromatic amines is 1. The molecule has 3 aromatic carbocycles. The molecule has 3 N–H and O–H groups in total. The number of rotatable bonds is 5. The first-order valence-electron chi connectivity index (χ1n) is 10.5. The Kier molecular flexibility index (Phi) is 5.18. The van der Waals surface area contributed by atoms with Crippen LogP contribution in [0.2, 0.25) is 0 Å². The standard InChI is InChI=1S/C26H25N3O2/c1-31-19-13-11-18(12-14-19)24-25-21(20-9-5-6-10-22(20)28-25)15-23(29-24)26(30)27-16-17-7-3-2-4-8-17/h2-14,23-24,28-29H,15-16H2,1H3,(H,27,30)/t23-,24+/m1/s1. The largest absolute Gasteiger partial charge is 0.497 e. The van der Waals surface area contributed by atoms with E-state index in [1.165, 1.54) is 10.9 Å². The van der Waals surface area contributed by atoms with Crippen LogP contribution in [0, 0.1) is 0 Å². The third-order valence-electron chi connectivity index (χ3n) is 5.99. The molecule has 0 unspecified atom stereocenters. The molecular weight excluding hydrogens is 386 g/mol. The summed E-state index contributed by atoms with van der Waals surface area (Å²) in [6.07, 6.45) is 0.645. The van der Waals surface area contributed by atoms with Crippen molar-refractivity contribution < 1.29 is 9.53 Å². The first-order chi connectivity index (χ1) is 15.2. The van der Waals surface area contributed by atoms with Gasteiger partial charge < -0.3 is 15.0 Å². The average molecular weight is 412 g/mol. The number of methoxy groups -OCH3 is 1. The third-order valence-corrected chi connectivity index (χ3v) is 5.99. The quantitative estimate of drug-likeness (QED) is 0.463. The van der Waals surface area contributed by atoms with E-state index in [9.17, 15) is 4.79 Å². The van der Waals surface area contributed by atoms with E-state index in [0.29, 0.717) is 13.0 Å². The number of aromatic nitrogens is 1. The second-order valence-corrected chi connectivity index (χ2v) is 7.90. The molecule has 2 heterocycles. The van der Waals surface area contributed by atoms with Gasteiger partial charge in [0.2, 0.25) is 5.91 Å². The van der Waals surface area contributed by atoms with Gasteiger partial charge in [-0.3, -0.25) is 10.1 Å². The zero-order valence-corrected chi connectivity index (χ0v) is 17.4. The normalized spacial score (nSPS) is 17.8. The molecule has 0 bridgehead atoms. The third kappa shape index (κ3) is 3.80. The molecule has 0 spiro atoms. The minimum absolute atomic E-state index is 0.0123. The van der Waals surface area contributed by atoms with Crippen molar-refractivity contribution in [2.24, 2.45) is 0 Å². The molecule has 31 heavy (non-hydrogen) atoms. The summed E-state index contributed by atoms with van der Waals surface area (Å²) in [6, 6.07) is 25.9. The maximum Gasteiger partial charge on any atom is 0.237 e. The molecule has 5 rings (SSSR count). The summed E-state index contributed by atoms with van der Waals surface area (Å²) in [5.74, 6) is 0.826. The van der Waals surface area contributed by atoms with Gasteiger partial charge in [0.25, 0.3) is 0 Å². The number of hydrogen-bond donors (Lipinski definition) is 3. The minimum Gasteiger partial charge on any atom is -0.497 e. The highest BCUT2D eigenvalue weighted by atomic mass is 16.5. The maximum absolute atomic E-state index is 13.1. The van der Waals surface area contributed by atoms with Gasteiger partial charge in [0, 0.05) is 23.1 Å². The van der Waals surface area contributed by atoms with Crippen LogP contribution in [-0.4, -0.2) is 24.0 Å². The summed E-state index contributed by atoms with van der Waals surface area (Å²) in [5, 5.41) is 7.85. The van der Waals surface area contributed by atoms with Gasteiger partial charge in [-0.25, -0.2) is 0 Å². The molecule has 1 aliphatic heterocycles. The molecule has 1 aromatic heterocycles. The molecule has 4 aromatic rings. The SMILES string of the molecule is COc1ccc([C@@H]2N[C@@H](C(=O)NCc3ccccc3)Cc3c2[nH]c2ccccc32)cc1. The van der Waals surface area contributed by atoms with E-state index in [-0.39, 0.29) is 18.0 Å². The molecule has 1 amide bonds. The summed E-state index contributed by atoms with van der Waals surface area (Å²) in [7, 11) is 1.66. The lowest BCUT2D eigenvalue weighted by Gasteiger charge is -2.31. The van der Waals surface area contributed by atoms with Gasteiger partial charge in [-0.15, -0.1) is 0 Å². The molecule has 2 atom stereocenters. The van der Waals surface area contributed by atoms with Crippen LogP contribution in [0.1, 0.15) is 28.4 Å². The number of hydrogen-bond acceptors (Lipinski definition) is 3. The van der Waals surface area contributed by atoms with Crippen molar-refractivity contribution in [2.45, 2.75) is 25.0 Å². The molecule has 0 saturated heterocycles. The van der Waals surface area contributed by atoms with Crippen molar-refractivity contribution in [1.29, 1.82) is 0 Å². The molecular formula is C26H25N3O2. The average Bonchev–Trinajstić information content (AvgIpc) is 3.21. The zero-order chi connectivity index (χ0) is 21.2. The summed E-state index contributed by atoms with van der Waals surface area (Å²) < 4.78 is 5.32. The Hall–Kier alpha value is -3.57. The van der Waals surface area contributed by atoms with Gasteiger partial charge in [-0.05, 0) is 41.3 Å². The molecule has 0 fully saturated rings. The van der Waals surface area contributed by atoms with Crippen LogP contribution >= 0.6 is 0 Å². The first-order valence-corrected chi connectivity index (χ1v) is 10.5. The molecule has 0 aliphatic carbocycles. The van der Waals surface area contributed by atoms with E-state index in [0.717, 1.165) is 28.1 Å². The number of nitrogens with one attached hydrogen (secondary N) is 3. The molecule has 156 valence electrons. The monoisotopic (exact) mass is 411 g/mol. The number of fused-ring (bicyclic) bond motifs is 3. The number of carbonyl (C=O) groups excluding carboxylic acids is 1. The lowest BCUT2D eigenvalue weighted by Crippen LogP contribution is -2.49. The Morgan fingerprint density at radius 3 is 2.52 bits per heavy atom. The smallest absolute Gasteiger partial charge is 0.237 e. The highest BCUT2D eigenvalue weighted by Crippen LogP contribution is 2.35. The van der Waals surface area contributed by atoms with E-state index in [4.69, 9.17) is 4.74 Å². The van der Waals surface area contributed by atoms with Crippen LogP contribution in [-0.2, 0) is 17.8 Å². The van der Waals surface area contributed by atoms with Gasteiger partial charge >= 0.3 is 0 Å². The summed E-state index contributed by atoms with van der Waals surface area (Å²) in [5.41, 5.74) is 5.60. The van der Waals surface area contributed by atoms with E-state index in [1.54, 1.807) is 7.11 Å². The second kappa shape index (κ2) is 8.28. The fraction of sp³-hybridized carbons (Fsp3) is 0.192. The zero-order valence-electron chi connectivity index (χ0n) is 17.4. The number of H-pyrrole nitrogens is 1. The van der Waals surface area contributed by atoms with Gasteiger partial charge in [0.05, 0.1) is 19.2 Å². The number of benzene rings is 3. The van der Waals surface area contributed by atoms with Crippen LogP contribution in [0.15, 0.2) is 78.9 Å². The Morgan fingerprint density at radius 1 is 1.00 bits per heavy atom. The minimum atomic E-state index is -0.317. The predicted molar refractivity (Wildman–Crippen MR) is 122 cm³/mol. The molecule has 1 aliphatic rings. The molecule has 0 saturated carbocycles. The molecule has 5 nitrogen and oxygen atoms in total. The van der Waals surface area contributed by atoms with E-state index in [2.05, 4.69) is 39.9 Å². The Labute approximate surface area is 181 Å². The van der Waals surface area contributed by atoms with Crippen LogP contribution in [0.25, 0.3) is 10.9 Å². The number of para-hydroxylation sites is 1. The highest BCUT2D eigenvalue weighted by molar-refractivity contribution is 5.88. The highest BCUT2D eigenvalue weighted by Gasteiger charge is 2.33. The van der Waals surface area contributed by atoms with Crippen molar-refractivity contribution in [2.75, 3.05) is 7.11 Å². The Morgan fingerprint density at radius 2 is 1.74 bits per heavy atom. The fourth-order valence-electron chi connectivity index (χ4n) is 4.37. The second-order valence-electron chi connectivity index (χ2n) is 7.90. The molecule has 0 radical (unpaired) electrons. The Balaban J connectivity index is 1.46. The fourth-order valence-corrected chi connectivity index (χ4v) is 4.37. The van der Waals surface area contributed by atoms with Crippen LogP contribution in [0.3, 0.4) is 0 Å². The number of ether oxygens (including phenoxy) is 1. The summed E-state index contributed by atoms with van der Waals surface area (Å²) >= 11 is 0. The van der Waals surface area contributed by atoms with Gasteiger partial charge in [-0.2, -0.15) is 0 Å². The summed E-state index contributed by atoms with van der Waals surface area (Å²) in [4.78, 5) is 16.7. The van der Waals surface area contributed by atoms with Gasteiger partial charge in [0.15, 0.2) is 0 Å².